The number of carbonyl (C=O) groups is 4. The van der Waals surface area contributed by atoms with E-state index in [0.717, 1.165) is 0 Å². The molecule has 210 valence electrons. The van der Waals surface area contributed by atoms with Gasteiger partial charge in [-0.1, -0.05) is 29.3 Å². The summed E-state index contributed by atoms with van der Waals surface area (Å²) in [7, 11) is 0. The minimum absolute atomic E-state index is 0.00827. The summed E-state index contributed by atoms with van der Waals surface area (Å²) in [6, 6.07) is 13.2. The van der Waals surface area contributed by atoms with Crippen LogP contribution >= 0.6 is 23.2 Å². The van der Waals surface area contributed by atoms with Crippen molar-refractivity contribution in [3.8, 4) is 34.3 Å². The third-order valence-corrected chi connectivity index (χ3v) is 7.32. The van der Waals surface area contributed by atoms with E-state index < -0.39 is 29.5 Å². The summed E-state index contributed by atoms with van der Waals surface area (Å²) < 4.78 is 22.7. The lowest BCUT2D eigenvalue weighted by molar-refractivity contribution is -0.132. The van der Waals surface area contributed by atoms with Gasteiger partial charge >= 0.3 is 23.9 Å². The maximum absolute atomic E-state index is 13.6. The van der Waals surface area contributed by atoms with Gasteiger partial charge in [-0.2, -0.15) is 0 Å². The summed E-state index contributed by atoms with van der Waals surface area (Å²) in [5.74, 6) is -3.23. The van der Waals surface area contributed by atoms with Crippen LogP contribution < -0.4 is 14.2 Å². The van der Waals surface area contributed by atoms with E-state index in [4.69, 9.17) is 42.1 Å². The second-order valence-corrected chi connectivity index (χ2v) is 10.2. The van der Waals surface area contributed by atoms with Gasteiger partial charge in [0, 0.05) is 54.4 Å². The van der Waals surface area contributed by atoms with Gasteiger partial charge in [-0.15, -0.1) is 0 Å². The molecule has 4 aromatic rings. The third kappa shape index (κ3) is 4.23. The van der Waals surface area contributed by atoms with Crippen molar-refractivity contribution in [3.63, 3.8) is 0 Å². The van der Waals surface area contributed by atoms with Gasteiger partial charge < -0.3 is 24.1 Å². The van der Waals surface area contributed by atoms with E-state index in [1.54, 1.807) is 18.2 Å². The molecule has 0 unspecified atom stereocenters. The molecule has 0 saturated carbocycles. The Balaban J connectivity index is 1.69. The minimum Gasteiger partial charge on any atom is -0.478 e. The molecule has 10 nitrogen and oxygen atoms in total. The highest BCUT2D eigenvalue weighted by atomic mass is 35.5. The number of esters is 3. The minimum atomic E-state index is -1.81. The van der Waals surface area contributed by atoms with Gasteiger partial charge in [0.05, 0.1) is 26.9 Å². The molecule has 0 amide bonds. The van der Waals surface area contributed by atoms with Gasteiger partial charge in [0.1, 0.15) is 11.5 Å². The second kappa shape index (κ2) is 9.86. The number of ether oxygens (including phenoxy) is 4. The van der Waals surface area contributed by atoms with Crippen LogP contribution in [0.25, 0.3) is 11.3 Å². The summed E-state index contributed by atoms with van der Waals surface area (Å²) in [5, 5.41) is 10.2. The second-order valence-electron chi connectivity index (χ2n) is 9.38. The first-order valence-corrected chi connectivity index (χ1v) is 13.0. The van der Waals surface area contributed by atoms with Crippen LogP contribution in [-0.2, 0) is 19.9 Å². The highest BCUT2D eigenvalue weighted by Crippen LogP contribution is 2.59. The number of rotatable bonds is 4. The van der Waals surface area contributed by atoms with E-state index in [2.05, 4.69) is 4.98 Å². The Morgan fingerprint density at radius 1 is 0.833 bits per heavy atom. The molecule has 3 heterocycles. The van der Waals surface area contributed by atoms with Crippen molar-refractivity contribution in [2.75, 3.05) is 0 Å². The zero-order valence-corrected chi connectivity index (χ0v) is 23.2. The standard InChI is InChI=1S/C30H17Cl2NO9/c1-13(34)39-26-11-24-19(9-21(26)31)30(20-10-22(32)27(40-14(2)35)12-25(20)41-24)18-8-16(28(36)37)15(7-17(18)29(38)42-30)23-5-3-4-6-33-23/h3-12H,1-2H3,(H,36,37). The van der Waals surface area contributed by atoms with Crippen LogP contribution in [0.2, 0.25) is 10.0 Å². The Kier molecular flexibility index (Phi) is 6.40. The Hall–Kier alpha value is -4.93. The monoisotopic (exact) mass is 605 g/mol. The molecular formula is C30H17Cl2NO9. The molecule has 6 rings (SSSR count). The first-order valence-electron chi connectivity index (χ1n) is 12.3. The van der Waals surface area contributed by atoms with Crippen molar-refractivity contribution in [3.05, 3.63) is 98.7 Å². The Morgan fingerprint density at radius 2 is 1.43 bits per heavy atom. The molecule has 0 bridgehead atoms. The normalized spacial score (nSPS) is 13.8. The lowest BCUT2D eigenvalue weighted by Gasteiger charge is -2.37. The average molecular weight is 606 g/mol. The van der Waals surface area contributed by atoms with Gasteiger partial charge in [-0.25, -0.2) is 9.59 Å². The predicted molar refractivity (Wildman–Crippen MR) is 148 cm³/mol. The van der Waals surface area contributed by atoms with Crippen LogP contribution in [0.3, 0.4) is 0 Å². The number of aromatic nitrogens is 1. The zero-order chi connectivity index (χ0) is 29.9. The average Bonchev–Trinajstić information content (AvgIpc) is 3.22. The molecule has 2 aliphatic rings. The SMILES string of the molecule is CC(=O)Oc1cc2c(cc1Cl)C1(OC(=O)c3cc(-c4ccccn4)c(C(=O)O)cc31)c1cc(Cl)c(OC(C)=O)cc1O2. The van der Waals surface area contributed by atoms with Crippen molar-refractivity contribution >= 4 is 47.1 Å². The predicted octanol–water partition coefficient (Wildman–Crippen LogP) is 6.17. The van der Waals surface area contributed by atoms with Gasteiger partial charge in [-0.3, -0.25) is 14.6 Å². The number of carboxylic acids is 1. The lowest BCUT2D eigenvalue weighted by atomic mass is 9.76. The summed E-state index contributed by atoms with van der Waals surface area (Å²) >= 11 is 13.0. The first kappa shape index (κ1) is 27.3. The number of aromatic carboxylic acids is 1. The fourth-order valence-electron chi connectivity index (χ4n) is 5.14. The van der Waals surface area contributed by atoms with Gasteiger partial charge in [-0.05, 0) is 36.4 Å². The fourth-order valence-corrected chi connectivity index (χ4v) is 5.54. The molecule has 2 aliphatic heterocycles. The summed E-state index contributed by atoms with van der Waals surface area (Å²) in [5.41, 5.74) is -0.758. The molecular weight excluding hydrogens is 589 g/mol. The zero-order valence-electron chi connectivity index (χ0n) is 21.7. The third-order valence-electron chi connectivity index (χ3n) is 6.73. The van der Waals surface area contributed by atoms with Crippen LogP contribution in [0, 0.1) is 0 Å². The number of halogens is 2. The van der Waals surface area contributed by atoms with Crippen LogP contribution in [-0.4, -0.2) is 34.0 Å². The van der Waals surface area contributed by atoms with Gasteiger partial charge in [0.2, 0.25) is 0 Å². The number of benzene rings is 3. The number of carbonyl (C=O) groups excluding carboxylic acids is 3. The van der Waals surface area contributed by atoms with Crippen LogP contribution in [0.5, 0.6) is 23.0 Å². The molecule has 0 radical (unpaired) electrons. The molecule has 1 spiro atoms. The number of hydrogen-bond donors (Lipinski definition) is 1. The topological polar surface area (TPSA) is 138 Å². The van der Waals surface area contributed by atoms with Crippen LogP contribution in [0.4, 0.5) is 0 Å². The Labute approximate surface area is 247 Å². The van der Waals surface area contributed by atoms with E-state index in [1.807, 2.05) is 0 Å². The molecule has 0 saturated heterocycles. The van der Waals surface area contributed by atoms with E-state index >= 15 is 0 Å². The van der Waals surface area contributed by atoms with E-state index in [1.165, 1.54) is 56.4 Å². The van der Waals surface area contributed by atoms with Crippen molar-refractivity contribution in [1.29, 1.82) is 0 Å². The maximum Gasteiger partial charge on any atom is 0.340 e. The molecule has 12 heteroatoms. The molecule has 1 N–H and O–H groups in total. The molecule has 1 aromatic heterocycles. The lowest BCUT2D eigenvalue weighted by Crippen LogP contribution is -2.33. The smallest absolute Gasteiger partial charge is 0.340 e. The van der Waals surface area contributed by atoms with E-state index in [9.17, 15) is 24.3 Å². The van der Waals surface area contributed by atoms with Gasteiger partial charge in [0.15, 0.2) is 17.1 Å². The van der Waals surface area contributed by atoms with Crippen molar-refractivity contribution in [2.24, 2.45) is 0 Å². The van der Waals surface area contributed by atoms with Crippen molar-refractivity contribution < 1.29 is 43.2 Å². The molecule has 0 atom stereocenters. The highest BCUT2D eigenvalue weighted by Gasteiger charge is 2.55. The van der Waals surface area contributed by atoms with Crippen molar-refractivity contribution in [1.82, 2.24) is 4.98 Å². The van der Waals surface area contributed by atoms with Crippen LogP contribution in [0.1, 0.15) is 51.3 Å². The number of carboxylic acid groups (broad SMARTS) is 1. The molecule has 0 aliphatic carbocycles. The van der Waals surface area contributed by atoms with E-state index in [0.29, 0.717) is 5.69 Å². The molecule has 3 aromatic carbocycles. The Morgan fingerprint density at radius 3 is 1.93 bits per heavy atom. The van der Waals surface area contributed by atoms with Crippen LogP contribution in [0.15, 0.2) is 60.8 Å². The highest BCUT2D eigenvalue weighted by molar-refractivity contribution is 6.33. The first-order chi connectivity index (χ1) is 20.0. The van der Waals surface area contributed by atoms with Gasteiger partial charge in [0.25, 0.3) is 0 Å². The fraction of sp³-hybridized carbons (Fsp3) is 0.100. The number of pyridine rings is 1. The summed E-state index contributed by atoms with van der Waals surface area (Å²) in [6.07, 6.45) is 1.50. The number of hydrogen-bond acceptors (Lipinski definition) is 9. The van der Waals surface area contributed by atoms with E-state index in [-0.39, 0.29) is 66.4 Å². The summed E-state index contributed by atoms with van der Waals surface area (Å²) in [6.45, 7) is 2.39. The number of nitrogens with zero attached hydrogens (tertiary/aromatic N) is 1. The maximum atomic E-state index is 13.6. The number of fused-ring (bicyclic) bond motifs is 6. The molecule has 0 fully saturated rings. The van der Waals surface area contributed by atoms with Crippen molar-refractivity contribution in [2.45, 2.75) is 19.4 Å². The summed E-state index contributed by atoms with van der Waals surface area (Å²) in [4.78, 5) is 53.8. The largest absolute Gasteiger partial charge is 0.478 e. The molecule has 42 heavy (non-hydrogen) atoms. The Bertz CT molecular complexity index is 1800. The quantitative estimate of drug-likeness (QED) is 0.212.